The molecule has 0 heterocycles. The van der Waals surface area contributed by atoms with Gasteiger partial charge in [0.05, 0.1) is 12.0 Å². The summed E-state index contributed by atoms with van der Waals surface area (Å²) in [5.74, 6) is -0.0753. The average Bonchev–Trinajstić information content (AvgIpc) is 2.51. The van der Waals surface area contributed by atoms with Crippen LogP contribution >= 0.6 is 0 Å². The van der Waals surface area contributed by atoms with Crippen molar-refractivity contribution in [1.29, 1.82) is 0 Å². The molecule has 0 aliphatic rings. The van der Waals surface area contributed by atoms with Gasteiger partial charge in [-0.05, 0) is 18.5 Å². The summed E-state index contributed by atoms with van der Waals surface area (Å²) in [6, 6.07) is 9.63. The minimum Gasteiger partial charge on any atom is -0.507 e. The minimum atomic E-state index is -3.77. The van der Waals surface area contributed by atoms with Crippen LogP contribution in [0, 0.1) is 0 Å². The van der Waals surface area contributed by atoms with E-state index in [1.165, 1.54) is 19.2 Å². The number of nitrogens with two attached hydrogens (primary N) is 1. The number of phenolic OH excluding ortho intramolecular Hbond substituents is 1. The molecule has 0 amide bonds. The lowest BCUT2D eigenvalue weighted by Crippen LogP contribution is -2.02. The second kappa shape index (κ2) is 8.52. The van der Waals surface area contributed by atoms with E-state index in [1.54, 1.807) is 24.3 Å². The molecular formula is C14H21NO4S. The molecule has 112 valence electrons. The lowest BCUT2D eigenvalue weighted by atomic mass is 10.1. The van der Waals surface area contributed by atoms with Gasteiger partial charge in [-0.1, -0.05) is 38.1 Å². The Bertz CT molecular complexity index is 639. The maximum Gasteiger partial charge on any atom is 0.296 e. The normalized spacial score (nSPS) is 10.1. The molecule has 2 rings (SSSR count). The summed E-state index contributed by atoms with van der Waals surface area (Å²) in [5.41, 5.74) is 4.50. The second-order valence-electron chi connectivity index (χ2n) is 3.28. The first-order valence-electron chi connectivity index (χ1n) is 6.15. The molecule has 0 unspecified atom stereocenters. The van der Waals surface area contributed by atoms with Crippen LogP contribution in [0.4, 0.5) is 0 Å². The third kappa shape index (κ3) is 4.19. The predicted octanol–water partition coefficient (Wildman–Crippen LogP) is 2.48. The fraction of sp³-hybridized carbons (Fsp3) is 0.286. The fourth-order valence-corrected chi connectivity index (χ4v) is 2.22. The number of rotatable bonds is 2. The van der Waals surface area contributed by atoms with E-state index in [9.17, 15) is 13.5 Å². The van der Waals surface area contributed by atoms with Gasteiger partial charge in [-0.2, -0.15) is 8.42 Å². The van der Waals surface area contributed by atoms with Crippen molar-refractivity contribution in [1.82, 2.24) is 0 Å². The molecule has 0 bridgehead atoms. The van der Waals surface area contributed by atoms with Gasteiger partial charge in [-0.25, -0.2) is 0 Å². The van der Waals surface area contributed by atoms with Crippen molar-refractivity contribution >= 4 is 20.9 Å². The first-order chi connectivity index (χ1) is 9.54. The molecule has 6 heteroatoms. The summed E-state index contributed by atoms with van der Waals surface area (Å²) >= 11 is 0. The molecule has 0 saturated heterocycles. The average molecular weight is 299 g/mol. The Balaban J connectivity index is 0.000000829. The molecule has 0 aliphatic carbocycles. The van der Waals surface area contributed by atoms with Crippen molar-refractivity contribution < 1.29 is 17.7 Å². The largest absolute Gasteiger partial charge is 0.507 e. The van der Waals surface area contributed by atoms with Crippen LogP contribution in [0.1, 0.15) is 13.8 Å². The number of hydrogen-bond acceptors (Lipinski definition) is 5. The Morgan fingerprint density at radius 3 is 2.20 bits per heavy atom. The van der Waals surface area contributed by atoms with E-state index in [0.717, 1.165) is 7.11 Å². The maximum absolute atomic E-state index is 11.5. The van der Waals surface area contributed by atoms with E-state index in [-0.39, 0.29) is 10.6 Å². The Hall–Kier alpha value is -1.63. The zero-order valence-corrected chi connectivity index (χ0v) is 12.9. The van der Waals surface area contributed by atoms with E-state index in [4.69, 9.17) is 0 Å². The molecule has 3 N–H and O–H groups in total. The molecule has 0 aromatic heterocycles. The molecule has 20 heavy (non-hydrogen) atoms. The van der Waals surface area contributed by atoms with Gasteiger partial charge in [0.15, 0.2) is 0 Å². The third-order valence-electron chi connectivity index (χ3n) is 2.32. The Labute approximate surface area is 120 Å². The molecule has 2 aromatic rings. The van der Waals surface area contributed by atoms with Crippen LogP contribution in [0.2, 0.25) is 0 Å². The predicted molar refractivity (Wildman–Crippen MR) is 81.3 cm³/mol. The summed E-state index contributed by atoms with van der Waals surface area (Å²) in [6.45, 7) is 4.00. The minimum absolute atomic E-state index is 0.0498. The van der Waals surface area contributed by atoms with Crippen LogP contribution in [0.15, 0.2) is 41.3 Å². The summed E-state index contributed by atoms with van der Waals surface area (Å²) in [4.78, 5) is -0.0498. The Morgan fingerprint density at radius 2 is 1.65 bits per heavy atom. The first kappa shape index (κ1) is 18.4. The van der Waals surface area contributed by atoms with Crippen LogP contribution in [0.3, 0.4) is 0 Å². The molecule has 0 spiro atoms. The summed E-state index contributed by atoms with van der Waals surface area (Å²) in [6.07, 6.45) is 0. The van der Waals surface area contributed by atoms with E-state index in [1.807, 2.05) is 13.8 Å². The summed E-state index contributed by atoms with van der Waals surface area (Å²) < 4.78 is 27.3. The zero-order chi connectivity index (χ0) is 15.8. The summed E-state index contributed by atoms with van der Waals surface area (Å²) in [7, 11) is -1.19. The highest BCUT2D eigenvalue weighted by Crippen LogP contribution is 2.28. The highest BCUT2D eigenvalue weighted by Gasteiger charge is 2.15. The molecule has 2 aromatic carbocycles. The van der Waals surface area contributed by atoms with Crippen molar-refractivity contribution in [3.8, 4) is 5.75 Å². The SMILES string of the molecule is CC.CN.COS(=O)(=O)c1cc(O)c2ccccc2c1. The van der Waals surface area contributed by atoms with Gasteiger partial charge in [0.1, 0.15) is 5.75 Å². The number of benzene rings is 2. The van der Waals surface area contributed by atoms with Gasteiger partial charge in [0, 0.05) is 11.5 Å². The topological polar surface area (TPSA) is 89.6 Å². The molecule has 0 fully saturated rings. The van der Waals surface area contributed by atoms with E-state index in [0.29, 0.717) is 10.8 Å². The maximum atomic E-state index is 11.5. The van der Waals surface area contributed by atoms with E-state index >= 15 is 0 Å². The highest BCUT2D eigenvalue weighted by molar-refractivity contribution is 7.86. The van der Waals surface area contributed by atoms with Crippen LogP contribution in [0.5, 0.6) is 5.75 Å². The molecule has 0 aliphatic heterocycles. The van der Waals surface area contributed by atoms with Crippen LogP contribution in [-0.4, -0.2) is 27.7 Å². The quantitative estimate of drug-likeness (QED) is 0.831. The van der Waals surface area contributed by atoms with Gasteiger partial charge < -0.3 is 10.8 Å². The molecular weight excluding hydrogens is 278 g/mol. The van der Waals surface area contributed by atoms with Crippen molar-refractivity contribution in [2.24, 2.45) is 5.73 Å². The lowest BCUT2D eigenvalue weighted by molar-refractivity contribution is 0.397. The first-order valence-corrected chi connectivity index (χ1v) is 7.55. The summed E-state index contributed by atoms with van der Waals surface area (Å²) in [5, 5.41) is 11.0. The van der Waals surface area contributed by atoms with Crippen molar-refractivity contribution in [3.05, 3.63) is 36.4 Å². The molecule has 0 atom stereocenters. The number of fused-ring (bicyclic) bond motifs is 1. The smallest absolute Gasteiger partial charge is 0.296 e. The van der Waals surface area contributed by atoms with Crippen LogP contribution < -0.4 is 5.73 Å². The standard InChI is InChI=1S/C11H10O4S.C2H6.CH5N/c1-15-16(13,14)9-6-8-4-2-3-5-10(8)11(12)7-9;2*1-2/h2-7,12H,1H3;1-2H3;2H2,1H3. The number of hydrogen-bond donors (Lipinski definition) is 2. The van der Waals surface area contributed by atoms with Crippen molar-refractivity contribution in [3.63, 3.8) is 0 Å². The zero-order valence-electron chi connectivity index (χ0n) is 12.1. The molecule has 5 nitrogen and oxygen atoms in total. The van der Waals surface area contributed by atoms with Gasteiger partial charge in [0.25, 0.3) is 10.1 Å². The Kier molecular flexibility index (Phi) is 7.83. The second-order valence-corrected chi connectivity index (χ2v) is 5.00. The van der Waals surface area contributed by atoms with Gasteiger partial charge in [-0.3, -0.25) is 4.18 Å². The van der Waals surface area contributed by atoms with Crippen LogP contribution in [-0.2, 0) is 14.3 Å². The van der Waals surface area contributed by atoms with Gasteiger partial charge in [0.2, 0.25) is 0 Å². The van der Waals surface area contributed by atoms with E-state index < -0.39 is 10.1 Å². The monoisotopic (exact) mass is 299 g/mol. The number of aromatic hydroxyl groups is 1. The van der Waals surface area contributed by atoms with Crippen molar-refractivity contribution in [2.45, 2.75) is 18.7 Å². The Morgan fingerprint density at radius 1 is 1.10 bits per heavy atom. The molecule has 0 radical (unpaired) electrons. The lowest BCUT2D eigenvalue weighted by Gasteiger charge is -2.05. The fourth-order valence-electron chi connectivity index (χ4n) is 1.50. The van der Waals surface area contributed by atoms with Gasteiger partial charge in [-0.15, -0.1) is 0 Å². The third-order valence-corrected chi connectivity index (χ3v) is 3.57. The highest BCUT2D eigenvalue weighted by atomic mass is 32.2. The van der Waals surface area contributed by atoms with Crippen LogP contribution in [0.25, 0.3) is 10.8 Å². The van der Waals surface area contributed by atoms with Gasteiger partial charge >= 0.3 is 0 Å². The molecule has 0 saturated carbocycles. The number of phenols is 1. The van der Waals surface area contributed by atoms with Crippen molar-refractivity contribution in [2.75, 3.05) is 14.2 Å². The van der Waals surface area contributed by atoms with E-state index in [2.05, 4.69) is 9.92 Å².